The lowest BCUT2D eigenvalue weighted by Gasteiger charge is -2.20. The molecule has 3 rings (SSSR count). The molecule has 1 aliphatic rings. The van der Waals surface area contributed by atoms with Gasteiger partial charge in [0, 0.05) is 18.0 Å². The van der Waals surface area contributed by atoms with Crippen molar-refractivity contribution in [3.63, 3.8) is 0 Å². The molecule has 0 aromatic heterocycles. The van der Waals surface area contributed by atoms with Crippen molar-refractivity contribution in [2.24, 2.45) is 0 Å². The van der Waals surface area contributed by atoms with E-state index < -0.39 is 0 Å². The molecule has 21 heavy (non-hydrogen) atoms. The van der Waals surface area contributed by atoms with Gasteiger partial charge < -0.3 is 10.1 Å². The van der Waals surface area contributed by atoms with Crippen LogP contribution in [-0.4, -0.2) is 13.2 Å². The van der Waals surface area contributed by atoms with Gasteiger partial charge in [-0.25, -0.2) is 0 Å². The van der Waals surface area contributed by atoms with Crippen LogP contribution in [0.3, 0.4) is 0 Å². The van der Waals surface area contributed by atoms with Crippen LogP contribution in [0.5, 0.6) is 5.75 Å². The Bertz CT molecular complexity index is 579. The van der Waals surface area contributed by atoms with Crippen LogP contribution in [0.4, 0.5) is 0 Å². The number of para-hydroxylation sites is 1. The van der Waals surface area contributed by atoms with E-state index in [4.69, 9.17) is 4.74 Å². The molecule has 0 fully saturated rings. The zero-order valence-electron chi connectivity index (χ0n) is 12.6. The molecule has 110 valence electrons. The third-order valence-corrected chi connectivity index (χ3v) is 4.14. The Morgan fingerprint density at radius 2 is 1.95 bits per heavy atom. The van der Waals surface area contributed by atoms with Crippen LogP contribution in [0.2, 0.25) is 0 Å². The first-order valence-electron chi connectivity index (χ1n) is 7.90. The van der Waals surface area contributed by atoms with Crippen molar-refractivity contribution < 1.29 is 4.74 Å². The molecule has 2 nitrogen and oxygen atoms in total. The molecule has 0 saturated heterocycles. The van der Waals surface area contributed by atoms with Crippen LogP contribution in [0.25, 0.3) is 0 Å². The minimum atomic E-state index is 0.364. The number of fused-ring (bicyclic) bond motifs is 1. The number of ether oxygens (including phenoxy) is 1. The summed E-state index contributed by atoms with van der Waals surface area (Å²) in [6.07, 6.45) is 3.22. The lowest BCUT2D eigenvalue weighted by atomic mass is 9.96. The zero-order chi connectivity index (χ0) is 14.5. The van der Waals surface area contributed by atoms with E-state index in [0.29, 0.717) is 6.04 Å². The summed E-state index contributed by atoms with van der Waals surface area (Å²) in [6.45, 7) is 3.96. The predicted molar refractivity (Wildman–Crippen MR) is 86.8 cm³/mol. The van der Waals surface area contributed by atoms with Crippen molar-refractivity contribution in [1.29, 1.82) is 0 Å². The Kier molecular flexibility index (Phi) is 4.56. The Balaban J connectivity index is 1.77. The summed E-state index contributed by atoms with van der Waals surface area (Å²) in [5, 5.41) is 3.62. The number of rotatable bonds is 6. The molecule has 0 amide bonds. The third kappa shape index (κ3) is 3.27. The summed E-state index contributed by atoms with van der Waals surface area (Å²) >= 11 is 0. The fraction of sp³-hybridized carbons (Fsp3) is 0.368. The van der Waals surface area contributed by atoms with Crippen LogP contribution in [0.1, 0.15) is 36.1 Å². The Labute approximate surface area is 127 Å². The van der Waals surface area contributed by atoms with E-state index in [9.17, 15) is 0 Å². The highest BCUT2D eigenvalue weighted by Gasteiger charge is 2.21. The topological polar surface area (TPSA) is 21.3 Å². The first-order valence-corrected chi connectivity index (χ1v) is 7.90. The zero-order valence-corrected chi connectivity index (χ0v) is 12.6. The molecule has 0 saturated carbocycles. The summed E-state index contributed by atoms with van der Waals surface area (Å²) in [5.41, 5.74) is 4.08. The molecular weight excluding hydrogens is 258 g/mol. The van der Waals surface area contributed by atoms with Gasteiger partial charge in [0.2, 0.25) is 0 Å². The minimum Gasteiger partial charge on any atom is -0.493 e. The number of hydrogen-bond acceptors (Lipinski definition) is 2. The SMILES string of the molecule is CCNC(CCc1ccccc1)c1cccc2c1OCC2. The Hall–Kier alpha value is -1.80. The number of benzene rings is 2. The maximum absolute atomic E-state index is 5.87. The Morgan fingerprint density at radius 1 is 1.10 bits per heavy atom. The first kappa shape index (κ1) is 14.2. The summed E-state index contributed by atoms with van der Waals surface area (Å²) in [4.78, 5) is 0. The van der Waals surface area contributed by atoms with Gasteiger partial charge in [0.15, 0.2) is 0 Å². The van der Waals surface area contributed by atoms with Gasteiger partial charge in [-0.1, -0.05) is 55.5 Å². The fourth-order valence-corrected chi connectivity index (χ4v) is 3.08. The molecule has 1 unspecified atom stereocenters. The maximum Gasteiger partial charge on any atom is 0.127 e. The van der Waals surface area contributed by atoms with Crippen molar-refractivity contribution in [1.82, 2.24) is 5.32 Å². The van der Waals surface area contributed by atoms with E-state index in [1.807, 2.05) is 0 Å². The first-order chi connectivity index (χ1) is 10.4. The second-order valence-electron chi connectivity index (χ2n) is 5.57. The second-order valence-corrected chi connectivity index (χ2v) is 5.57. The van der Waals surface area contributed by atoms with Crippen molar-refractivity contribution >= 4 is 0 Å². The summed E-state index contributed by atoms with van der Waals surface area (Å²) in [7, 11) is 0. The highest BCUT2D eigenvalue weighted by atomic mass is 16.5. The smallest absolute Gasteiger partial charge is 0.127 e. The lowest BCUT2D eigenvalue weighted by molar-refractivity contribution is 0.347. The van der Waals surface area contributed by atoms with Crippen molar-refractivity contribution in [3.8, 4) is 5.75 Å². The van der Waals surface area contributed by atoms with E-state index >= 15 is 0 Å². The predicted octanol–water partition coefficient (Wildman–Crippen LogP) is 3.90. The molecule has 1 N–H and O–H groups in total. The van der Waals surface area contributed by atoms with E-state index in [0.717, 1.165) is 38.2 Å². The molecule has 0 bridgehead atoms. The van der Waals surface area contributed by atoms with Crippen LogP contribution in [-0.2, 0) is 12.8 Å². The molecule has 0 radical (unpaired) electrons. The second kappa shape index (κ2) is 6.77. The molecule has 2 heteroatoms. The molecule has 1 atom stereocenters. The molecular formula is C19H23NO. The molecule has 0 spiro atoms. The van der Waals surface area contributed by atoms with Gasteiger partial charge >= 0.3 is 0 Å². The van der Waals surface area contributed by atoms with Crippen LogP contribution < -0.4 is 10.1 Å². The number of nitrogens with one attached hydrogen (secondary N) is 1. The third-order valence-electron chi connectivity index (χ3n) is 4.14. The molecule has 1 heterocycles. The number of hydrogen-bond donors (Lipinski definition) is 1. The summed E-state index contributed by atoms with van der Waals surface area (Å²) in [5.74, 6) is 1.12. The molecule has 2 aromatic rings. The summed E-state index contributed by atoms with van der Waals surface area (Å²) < 4.78 is 5.87. The molecule has 0 aliphatic carbocycles. The van der Waals surface area contributed by atoms with E-state index in [2.05, 4.69) is 60.8 Å². The van der Waals surface area contributed by atoms with Crippen LogP contribution in [0, 0.1) is 0 Å². The van der Waals surface area contributed by atoms with E-state index in [-0.39, 0.29) is 0 Å². The average molecular weight is 281 g/mol. The van der Waals surface area contributed by atoms with Gasteiger partial charge in [0.25, 0.3) is 0 Å². The summed E-state index contributed by atoms with van der Waals surface area (Å²) in [6, 6.07) is 17.6. The standard InChI is InChI=1S/C19H23NO/c1-2-20-18(12-11-15-7-4-3-5-8-15)17-10-6-9-16-13-14-21-19(16)17/h3-10,18,20H,2,11-14H2,1H3. The van der Waals surface area contributed by atoms with Gasteiger partial charge in [0.05, 0.1) is 6.61 Å². The van der Waals surface area contributed by atoms with Crippen LogP contribution >= 0.6 is 0 Å². The average Bonchev–Trinajstić information content (AvgIpc) is 3.01. The lowest BCUT2D eigenvalue weighted by Crippen LogP contribution is -2.22. The Morgan fingerprint density at radius 3 is 2.76 bits per heavy atom. The largest absolute Gasteiger partial charge is 0.493 e. The van der Waals surface area contributed by atoms with E-state index in [1.165, 1.54) is 16.7 Å². The van der Waals surface area contributed by atoms with Gasteiger partial charge in [-0.15, -0.1) is 0 Å². The minimum absolute atomic E-state index is 0.364. The van der Waals surface area contributed by atoms with Gasteiger partial charge in [-0.2, -0.15) is 0 Å². The molecule has 2 aromatic carbocycles. The van der Waals surface area contributed by atoms with Crippen LogP contribution in [0.15, 0.2) is 48.5 Å². The molecule has 1 aliphatic heterocycles. The van der Waals surface area contributed by atoms with Crippen molar-refractivity contribution in [3.05, 3.63) is 65.2 Å². The van der Waals surface area contributed by atoms with Crippen molar-refractivity contribution in [2.45, 2.75) is 32.2 Å². The van der Waals surface area contributed by atoms with Gasteiger partial charge in [-0.05, 0) is 30.5 Å². The maximum atomic E-state index is 5.87. The highest BCUT2D eigenvalue weighted by molar-refractivity contribution is 5.45. The monoisotopic (exact) mass is 281 g/mol. The fourth-order valence-electron chi connectivity index (χ4n) is 3.08. The van der Waals surface area contributed by atoms with Gasteiger partial charge in [0.1, 0.15) is 5.75 Å². The van der Waals surface area contributed by atoms with E-state index in [1.54, 1.807) is 0 Å². The normalized spacial score (nSPS) is 14.5. The number of aryl methyl sites for hydroxylation is 1. The highest BCUT2D eigenvalue weighted by Crippen LogP contribution is 2.35. The quantitative estimate of drug-likeness (QED) is 0.867. The van der Waals surface area contributed by atoms with Gasteiger partial charge in [-0.3, -0.25) is 0 Å². The van der Waals surface area contributed by atoms with Crippen molar-refractivity contribution in [2.75, 3.05) is 13.2 Å².